The van der Waals surface area contributed by atoms with Gasteiger partial charge in [0.25, 0.3) is 0 Å². The van der Waals surface area contributed by atoms with Gasteiger partial charge < -0.3 is 15.9 Å². The van der Waals surface area contributed by atoms with Crippen molar-refractivity contribution in [3.05, 3.63) is 0 Å². The maximum absolute atomic E-state index is 9.99. The molecule has 0 radical (unpaired) electrons. The van der Waals surface area contributed by atoms with Crippen LogP contribution >= 0.6 is 7.26 Å². The van der Waals surface area contributed by atoms with Crippen LogP contribution in [0.25, 0.3) is 0 Å². The fourth-order valence-electron chi connectivity index (χ4n) is 2.36. The molecule has 0 aliphatic carbocycles. The summed E-state index contributed by atoms with van der Waals surface area (Å²) >= 11 is 0. The first-order chi connectivity index (χ1) is 11.2. The maximum Gasteiger partial charge on any atom is 0.320 e. The van der Waals surface area contributed by atoms with Gasteiger partial charge in [-0.25, -0.2) is 0 Å². The third-order valence-electron chi connectivity index (χ3n) is 4.14. The van der Waals surface area contributed by atoms with Crippen molar-refractivity contribution in [2.45, 2.75) is 78.2 Å². The average Bonchev–Trinajstić information content (AvgIpc) is 2.54. The molecule has 24 heavy (non-hydrogen) atoms. The summed E-state index contributed by atoms with van der Waals surface area (Å²) < 4.78 is 0. The van der Waals surface area contributed by atoms with Crippen LogP contribution in [0, 0.1) is 0 Å². The van der Waals surface area contributed by atoms with Crippen molar-refractivity contribution in [2.75, 3.05) is 25.2 Å². The number of hydrogen-bond donors (Lipinski definition) is 3. The van der Waals surface area contributed by atoms with E-state index in [-0.39, 0.29) is 12.8 Å². The third kappa shape index (κ3) is 16.2. The Morgan fingerprint density at radius 3 is 1.54 bits per heavy atom. The van der Waals surface area contributed by atoms with Crippen molar-refractivity contribution >= 4 is 19.2 Å². The smallest absolute Gasteiger partial charge is 0.320 e. The molecule has 0 aliphatic rings. The topological polar surface area (TPSA) is 101 Å². The van der Waals surface area contributed by atoms with Crippen LogP contribution in [0.3, 0.4) is 0 Å². The summed E-state index contributed by atoms with van der Waals surface area (Å²) in [6.07, 6.45) is 13.0. The molecule has 0 aromatic rings. The van der Waals surface area contributed by atoms with E-state index in [9.17, 15) is 9.59 Å². The van der Waals surface area contributed by atoms with Gasteiger partial charge in [-0.05, 0) is 25.7 Å². The Morgan fingerprint density at radius 2 is 1.29 bits per heavy atom. The number of carboxylic acid groups (broad SMARTS) is 2. The zero-order valence-electron chi connectivity index (χ0n) is 16.1. The molecule has 1 atom stereocenters. The Balaban J connectivity index is 0. The van der Waals surface area contributed by atoms with Crippen molar-refractivity contribution in [3.8, 4) is 0 Å². The first kappa shape index (κ1) is 25.6. The Bertz CT molecular complexity index is 315. The van der Waals surface area contributed by atoms with Crippen molar-refractivity contribution < 1.29 is 19.8 Å². The van der Waals surface area contributed by atoms with E-state index in [4.69, 9.17) is 15.9 Å². The zero-order valence-corrected chi connectivity index (χ0v) is 17.0. The molecule has 0 saturated carbocycles. The van der Waals surface area contributed by atoms with Gasteiger partial charge in [0.15, 0.2) is 0 Å². The number of carbonyl (C=O) groups is 2. The molecule has 6 heteroatoms. The summed E-state index contributed by atoms with van der Waals surface area (Å²) in [6, 6.07) is -1.06. The molecule has 0 heterocycles. The van der Waals surface area contributed by atoms with E-state index in [1.807, 2.05) is 0 Å². The van der Waals surface area contributed by atoms with E-state index in [2.05, 4.69) is 27.4 Å². The van der Waals surface area contributed by atoms with Crippen LogP contribution < -0.4 is 5.73 Å². The molecule has 0 rings (SSSR count). The van der Waals surface area contributed by atoms with Gasteiger partial charge in [-0.2, -0.15) is 0 Å². The minimum Gasteiger partial charge on any atom is -0.481 e. The zero-order chi connectivity index (χ0) is 19.0. The molecule has 0 saturated heterocycles. The molecule has 0 aromatic heterocycles. The molecular weight excluding hydrogens is 325 g/mol. The van der Waals surface area contributed by atoms with Crippen LogP contribution in [-0.2, 0) is 9.59 Å². The fourth-order valence-corrected chi connectivity index (χ4v) is 6.27. The lowest BCUT2D eigenvalue weighted by atomic mass is 10.2. The lowest BCUT2D eigenvalue weighted by Gasteiger charge is -2.22. The average molecular weight is 364 g/mol. The number of nitrogens with two attached hydrogens (primary N) is 1. The summed E-state index contributed by atoms with van der Waals surface area (Å²) in [7, 11) is -0.519. The highest BCUT2D eigenvalue weighted by Crippen LogP contribution is 2.57. The molecule has 0 bridgehead atoms. The van der Waals surface area contributed by atoms with E-state index in [0.717, 1.165) is 0 Å². The Morgan fingerprint density at radius 1 is 0.917 bits per heavy atom. The number of rotatable bonds is 13. The van der Waals surface area contributed by atoms with Gasteiger partial charge >= 0.3 is 11.9 Å². The second-order valence-corrected chi connectivity index (χ2v) is 11.3. The van der Waals surface area contributed by atoms with Crippen molar-refractivity contribution in [1.82, 2.24) is 0 Å². The van der Waals surface area contributed by atoms with E-state index in [1.165, 1.54) is 38.5 Å². The van der Waals surface area contributed by atoms with Gasteiger partial charge in [-0.3, -0.25) is 9.59 Å². The number of aliphatic carboxylic acids is 2. The van der Waals surface area contributed by atoms with Gasteiger partial charge in [-0.15, -0.1) is 0 Å². The number of carboxylic acids is 2. The predicted molar refractivity (Wildman–Crippen MR) is 105 cm³/mol. The summed E-state index contributed by atoms with van der Waals surface area (Å²) in [5, 5.41) is 16.3. The highest BCUT2D eigenvalue weighted by molar-refractivity contribution is 7.75. The van der Waals surface area contributed by atoms with Crippen LogP contribution in [0.1, 0.15) is 72.1 Å². The minimum absolute atomic E-state index is 0.0231. The van der Waals surface area contributed by atoms with Crippen molar-refractivity contribution in [1.29, 1.82) is 0 Å². The first-order valence-electron chi connectivity index (χ1n) is 9.26. The predicted octanol–water partition coefficient (Wildman–Crippen LogP) is 4.30. The summed E-state index contributed by atoms with van der Waals surface area (Å²) in [5.74, 6) is -2.20. The van der Waals surface area contributed by atoms with Gasteiger partial charge in [0.2, 0.25) is 0 Å². The molecule has 4 N–H and O–H groups in total. The molecule has 0 aliphatic heterocycles. The van der Waals surface area contributed by atoms with Crippen LogP contribution in [0.2, 0.25) is 0 Å². The van der Waals surface area contributed by atoms with Crippen molar-refractivity contribution in [3.63, 3.8) is 0 Å². The summed E-state index contributed by atoms with van der Waals surface area (Å²) in [5.41, 5.74) is 5.00. The Hall–Kier alpha value is -0.670. The molecule has 0 spiro atoms. The fraction of sp³-hybridized carbons (Fsp3) is 0.889. The van der Waals surface area contributed by atoms with Gasteiger partial charge in [-0.1, -0.05) is 40.0 Å². The maximum atomic E-state index is 9.99. The largest absolute Gasteiger partial charge is 0.481 e. The minimum atomic E-state index is -1.17. The molecule has 1 unspecified atom stereocenters. The molecule has 0 aromatic carbocycles. The molecular formula is C18H39NO4P+. The van der Waals surface area contributed by atoms with Gasteiger partial charge in [0.1, 0.15) is 6.04 Å². The van der Waals surface area contributed by atoms with Crippen LogP contribution in [0.15, 0.2) is 0 Å². The van der Waals surface area contributed by atoms with E-state index >= 15 is 0 Å². The van der Waals surface area contributed by atoms with Crippen LogP contribution in [0.5, 0.6) is 0 Å². The lowest BCUT2D eigenvalue weighted by molar-refractivity contribution is -0.139. The van der Waals surface area contributed by atoms with E-state index < -0.39 is 25.2 Å². The SMILES string of the molecule is CCCC[P+](C)(CCCC)CCCC.NC(CCC(=O)O)C(=O)O. The first-order valence-corrected chi connectivity index (χ1v) is 12.0. The van der Waals surface area contributed by atoms with Crippen LogP contribution in [0.4, 0.5) is 0 Å². The van der Waals surface area contributed by atoms with Gasteiger partial charge in [0, 0.05) is 20.3 Å². The second-order valence-electron chi connectivity index (χ2n) is 6.73. The van der Waals surface area contributed by atoms with Gasteiger partial charge in [0.05, 0.1) is 18.5 Å². The molecule has 144 valence electrons. The monoisotopic (exact) mass is 364 g/mol. The Labute approximate surface area is 148 Å². The van der Waals surface area contributed by atoms with Crippen LogP contribution in [-0.4, -0.2) is 53.3 Å². The second kappa shape index (κ2) is 15.8. The summed E-state index contributed by atoms with van der Waals surface area (Å²) in [6.45, 7) is 9.59. The van der Waals surface area contributed by atoms with E-state index in [0.29, 0.717) is 0 Å². The lowest BCUT2D eigenvalue weighted by Crippen LogP contribution is -2.30. The molecule has 0 fully saturated rings. The highest BCUT2D eigenvalue weighted by atomic mass is 31.2. The standard InChI is InChI=1S/C13H30P.C5H9NO4/c1-5-8-11-14(4,12-9-6-2)13-10-7-3;6-3(5(9)10)1-2-4(7)8/h5-13H2,1-4H3;3H,1-2,6H2,(H,7,8)(H,9,10)/q+1;. The Kier molecular flexibility index (Phi) is 16.9. The quantitative estimate of drug-likeness (QED) is 0.423. The normalized spacial score (nSPS) is 12.2. The number of hydrogen-bond acceptors (Lipinski definition) is 3. The van der Waals surface area contributed by atoms with E-state index in [1.54, 1.807) is 18.5 Å². The summed E-state index contributed by atoms with van der Waals surface area (Å²) in [4.78, 5) is 19.9. The highest BCUT2D eigenvalue weighted by Gasteiger charge is 2.28. The molecule has 5 nitrogen and oxygen atoms in total. The molecule has 0 amide bonds. The van der Waals surface area contributed by atoms with Crippen molar-refractivity contribution in [2.24, 2.45) is 5.73 Å². The third-order valence-corrected chi connectivity index (χ3v) is 8.33. The number of unbranched alkanes of at least 4 members (excludes halogenated alkanes) is 3.